The van der Waals surface area contributed by atoms with Gasteiger partial charge in [0.2, 0.25) is 5.95 Å². The number of piperidine rings is 1. The number of pyridine rings is 1. The van der Waals surface area contributed by atoms with Gasteiger partial charge in [0.05, 0.1) is 6.10 Å². The SMILES string of the molecule is OC1CCN(Cc2cnc(F)cc2I)CC1. The molecule has 0 saturated carbocycles. The molecular weight excluding hydrogens is 322 g/mol. The van der Waals surface area contributed by atoms with E-state index < -0.39 is 5.95 Å². The molecule has 1 N–H and O–H groups in total. The van der Waals surface area contributed by atoms with Crippen LogP contribution in [0.3, 0.4) is 0 Å². The summed E-state index contributed by atoms with van der Waals surface area (Å²) in [6.07, 6.45) is 3.10. The highest BCUT2D eigenvalue weighted by molar-refractivity contribution is 14.1. The largest absolute Gasteiger partial charge is 0.393 e. The van der Waals surface area contributed by atoms with Gasteiger partial charge in [0.25, 0.3) is 0 Å². The normalized spacial score (nSPS) is 18.9. The summed E-state index contributed by atoms with van der Waals surface area (Å²) in [7, 11) is 0. The van der Waals surface area contributed by atoms with E-state index in [1.807, 2.05) is 0 Å². The lowest BCUT2D eigenvalue weighted by atomic mass is 10.1. The van der Waals surface area contributed by atoms with E-state index in [1.165, 1.54) is 6.07 Å². The highest BCUT2D eigenvalue weighted by Crippen LogP contribution is 2.17. The molecule has 0 aromatic carbocycles. The number of likely N-dealkylation sites (tertiary alicyclic amines) is 1. The van der Waals surface area contributed by atoms with E-state index in [-0.39, 0.29) is 6.10 Å². The van der Waals surface area contributed by atoms with Crippen molar-refractivity contribution in [2.75, 3.05) is 13.1 Å². The van der Waals surface area contributed by atoms with Crippen molar-refractivity contribution in [3.05, 3.63) is 27.3 Å². The Hall–Kier alpha value is -0.270. The first-order valence-corrected chi connectivity index (χ1v) is 6.43. The maximum Gasteiger partial charge on any atom is 0.213 e. The van der Waals surface area contributed by atoms with Crippen molar-refractivity contribution in [3.8, 4) is 0 Å². The lowest BCUT2D eigenvalue weighted by molar-refractivity contribution is 0.0791. The van der Waals surface area contributed by atoms with E-state index in [9.17, 15) is 9.50 Å². The van der Waals surface area contributed by atoms with Crippen molar-refractivity contribution in [2.24, 2.45) is 0 Å². The molecule has 0 unspecified atom stereocenters. The monoisotopic (exact) mass is 336 g/mol. The molecular formula is C11H14FIN2O. The molecule has 1 aliphatic rings. The lowest BCUT2D eigenvalue weighted by Crippen LogP contribution is -2.35. The molecule has 2 rings (SSSR count). The van der Waals surface area contributed by atoms with Gasteiger partial charge in [0, 0.05) is 35.5 Å². The van der Waals surface area contributed by atoms with Crippen molar-refractivity contribution in [2.45, 2.75) is 25.5 Å². The first-order chi connectivity index (χ1) is 7.65. The molecule has 3 nitrogen and oxygen atoms in total. The van der Waals surface area contributed by atoms with E-state index >= 15 is 0 Å². The standard InChI is InChI=1S/C11H14FIN2O/c12-11-5-10(13)8(6-14-11)7-15-3-1-9(16)2-4-15/h5-6,9,16H,1-4,7H2. The quantitative estimate of drug-likeness (QED) is 0.661. The molecule has 0 amide bonds. The molecule has 5 heteroatoms. The number of aliphatic hydroxyl groups is 1. The van der Waals surface area contributed by atoms with Gasteiger partial charge in [-0.15, -0.1) is 0 Å². The number of rotatable bonds is 2. The first-order valence-electron chi connectivity index (χ1n) is 5.35. The fourth-order valence-electron chi connectivity index (χ4n) is 1.87. The highest BCUT2D eigenvalue weighted by Gasteiger charge is 2.17. The van der Waals surface area contributed by atoms with Crippen LogP contribution >= 0.6 is 22.6 Å². The van der Waals surface area contributed by atoms with Gasteiger partial charge >= 0.3 is 0 Å². The van der Waals surface area contributed by atoms with Gasteiger partial charge in [0.15, 0.2) is 0 Å². The Morgan fingerprint density at radius 1 is 1.50 bits per heavy atom. The zero-order chi connectivity index (χ0) is 11.5. The van der Waals surface area contributed by atoms with E-state index in [1.54, 1.807) is 6.20 Å². The molecule has 1 aromatic heterocycles. The van der Waals surface area contributed by atoms with Crippen LogP contribution < -0.4 is 0 Å². The van der Waals surface area contributed by atoms with Gasteiger partial charge in [-0.1, -0.05) is 0 Å². The van der Waals surface area contributed by atoms with Crippen LogP contribution in [-0.2, 0) is 6.54 Å². The predicted octanol–water partition coefficient (Wildman–Crippen LogP) is 1.78. The molecule has 0 aliphatic carbocycles. The van der Waals surface area contributed by atoms with Gasteiger partial charge in [-0.05, 0) is 41.0 Å². The molecule has 0 radical (unpaired) electrons. The maximum absolute atomic E-state index is 12.8. The summed E-state index contributed by atoms with van der Waals surface area (Å²) < 4.78 is 13.7. The number of halogens is 2. The number of nitrogens with zero attached hydrogens (tertiary/aromatic N) is 2. The van der Waals surface area contributed by atoms with Crippen LogP contribution in [-0.4, -0.2) is 34.2 Å². The average Bonchev–Trinajstić information content (AvgIpc) is 2.25. The van der Waals surface area contributed by atoms with Gasteiger partial charge < -0.3 is 5.11 Å². The molecule has 1 saturated heterocycles. The lowest BCUT2D eigenvalue weighted by Gasteiger charge is -2.29. The van der Waals surface area contributed by atoms with Crippen LogP contribution in [0.15, 0.2) is 12.3 Å². The van der Waals surface area contributed by atoms with Gasteiger partial charge in [-0.25, -0.2) is 4.98 Å². The topological polar surface area (TPSA) is 36.4 Å². The number of hydrogen-bond acceptors (Lipinski definition) is 3. The van der Waals surface area contributed by atoms with Crippen LogP contribution in [0.2, 0.25) is 0 Å². The molecule has 0 spiro atoms. The second kappa shape index (κ2) is 5.37. The Bertz CT molecular complexity index is 367. The summed E-state index contributed by atoms with van der Waals surface area (Å²) in [5.74, 6) is -0.429. The first kappa shape index (κ1) is 12.2. The fraction of sp³-hybridized carbons (Fsp3) is 0.545. The summed E-state index contributed by atoms with van der Waals surface area (Å²) in [6.45, 7) is 2.58. The molecule has 1 fully saturated rings. The number of aromatic nitrogens is 1. The van der Waals surface area contributed by atoms with Crippen LogP contribution in [0.4, 0.5) is 4.39 Å². The average molecular weight is 336 g/mol. The summed E-state index contributed by atoms with van der Waals surface area (Å²) in [5, 5.41) is 9.39. The van der Waals surface area contributed by atoms with Crippen molar-refractivity contribution in [1.82, 2.24) is 9.88 Å². The van der Waals surface area contributed by atoms with Gasteiger partial charge in [0.1, 0.15) is 0 Å². The van der Waals surface area contributed by atoms with Crippen LogP contribution in [0.25, 0.3) is 0 Å². The third-order valence-electron chi connectivity index (χ3n) is 2.85. The molecule has 0 atom stereocenters. The third kappa shape index (κ3) is 3.11. The van der Waals surface area contributed by atoms with E-state index in [0.717, 1.165) is 41.6 Å². The number of hydrogen-bond donors (Lipinski definition) is 1. The van der Waals surface area contributed by atoms with Crippen molar-refractivity contribution in [3.63, 3.8) is 0 Å². The molecule has 0 bridgehead atoms. The van der Waals surface area contributed by atoms with Crippen molar-refractivity contribution >= 4 is 22.6 Å². The molecule has 88 valence electrons. The van der Waals surface area contributed by atoms with Crippen LogP contribution in [0.1, 0.15) is 18.4 Å². The van der Waals surface area contributed by atoms with Crippen molar-refractivity contribution < 1.29 is 9.50 Å². The summed E-state index contributed by atoms with van der Waals surface area (Å²) >= 11 is 2.13. The Kier molecular flexibility index (Phi) is 4.10. The van der Waals surface area contributed by atoms with E-state index in [2.05, 4.69) is 32.5 Å². The highest BCUT2D eigenvalue weighted by atomic mass is 127. The Balaban J connectivity index is 1.98. The summed E-state index contributed by atoms with van der Waals surface area (Å²) in [5.41, 5.74) is 1.05. The minimum atomic E-state index is -0.429. The zero-order valence-electron chi connectivity index (χ0n) is 8.87. The second-order valence-electron chi connectivity index (χ2n) is 4.11. The molecule has 1 aromatic rings. The molecule has 16 heavy (non-hydrogen) atoms. The fourth-order valence-corrected chi connectivity index (χ4v) is 2.44. The smallest absolute Gasteiger partial charge is 0.213 e. The maximum atomic E-state index is 12.8. The predicted molar refractivity (Wildman–Crippen MR) is 67.4 cm³/mol. The van der Waals surface area contributed by atoms with Gasteiger partial charge in [-0.3, -0.25) is 4.90 Å². The van der Waals surface area contributed by atoms with E-state index in [0.29, 0.717) is 0 Å². The number of aliphatic hydroxyl groups excluding tert-OH is 1. The third-order valence-corrected chi connectivity index (χ3v) is 3.85. The zero-order valence-corrected chi connectivity index (χ0v) is 11.0. The Morgan fingerprint density at radius 3 is 2.81 bits per heavy atom. The van der Waals surface area contributed by atoms with Crippen LogP contribution in [0.5, 0.6) is 0 Å². The Labute approximate surface area is 108 Å². The van der Waals surface area contributed by atoms with Crippen LogP contribution in [0, 0.1) is 9.52 Å². The second-order valence-corrected chi connectivity index (χ2v) is 5.27. The Morgan fingerprint density at radius 2 is 2.19 bits per heavy atom. The summed E-state index contributed by atoms with van der Waals surface area (Å²) in [4.78, 5) is 5.94. The van der Waals surface area contributed by atoms with Gasteiger partial charge in [-0.2, -0.15) is 4.39 Å². The minimum Gasteiger partial charge on any atom is -0.393 e. The van der Waals surface area contributed by atoms with Crippen molar-refractivity contribution in [1.29, 1.82) is 0 Å². The summed E-state index contributed by atoms with van der Waals surface area (Å²) in [6, 6.07) is 1.45. The molecule has 2 heterocycles. The molecule has 1 aliphatic heterocycles. The van der Waals surface area contributed by atoms with E-state index in [4.69, 9.17) is 0 Å². The minimum absolute atomic E-state index is 0.151.